The summed E-state index contributed by atoms with van der Waals surface area (Å²) in [5.74, 6) is 0. The summed E-state index contributed by atoms with van der Waals surface area (Å²) >= 11 is 0. The zero-order valence-electron chi connectivity index (χ0n) is 15.0. The molecule has 0 saturated heterocycles. The molecule has 0 bridgehead atoms. The Morgan fingerprint density at radius 1 is 1.12 bits per heavy atom. The molecule has 0 fully saturated rings. The fourth-order valence-corrected chi connectivity index (χ4v) is 4.25. The van der Waals surface area contributed by atoms with E-state index >= 15 is 0 Å². The molecule has 126 valence electrons. The molecule has 0 aliphatic carbocycles. The lowest BCUT2D eigenvalue weighted by molar-refractivity contribution is -0.642. The van der Waals surface area contributed by atoms with Crippen LogP contribution in [0.4, 0.5) is 0 Å². The van der Waals surface area contributed by atoms with Crippen LogP contribution in [-0.4, -0.2) is 4.57 Å². The van der Waals surface area contributed by atoms with Crippen molar-refractivity contribution in [2.24, 2.45) is 14.1 Å². The van der Waals surface area contributed by atoms with Gasteiger partial charge in [0.2, 0.25) is 12.1 Å². The Balaban J connectivity index is 2.09. The van der Waals surface area contributed by atoms with Gasteiger partial charge < -0.3 is 13.8 Å². The summed E-state index contributed by atoms with van der Waals surface area (Å²) in [6.07, 6.45) is 4.18. The van der Waals surface area contributed by atoms with Crippen LogP contribution in [0.5, 0.6) is 0 Å². The van der Waals surface area contributed by atoms with Crippen LogP contribution in [0.2, 0.25) is 0 Å². The van der Waals surface area contributed by atoms with E-state index < -0.39 is 0 Å². The lowest BCUT2D eigenvalue weighted by Gasteiger charge is -2.14. The molecule has 26 heavy (non-hydrogen) atoms. The van der Waals surface area contributed by atoms with Crippen molar-refractivity contribution in [1.82, 2.24) is 4.57 Å². The van der Waals surface area contributed by atoms with E-state index in [9.17, 15) is 0 Å². The molecule has 3 heterocycles. The monoisotopic (exact) mass is 340 g/mol. The number of hydrogen-bond acceptors (Lipinski definition) is 1. The Hall–Kier alpha value is -3.32. The molecule has 5 rings (SSSR count). The van der Waals surface area contributed by atoms with Gasteiger partial charge in [-0.3, -0.25) is 0 Å². The second-order valence-corrected chi connectivity index (χ2v) is 6.99. The van der Waals surface area contributed by atoms with Crippen LogP contribution in [-0.2, 0) is 20.6 Å². The Kier molecular flexibility index (Phi) is 2.93. The van der Waals surface area contributed by atoms with E-state index in [4.69, 9.17) is 11.0 Å². The van der Waals surface area contributed by atoms with Crippen molar-refractivity contribution in [3.63, 3.8) is 0 Å². The predicted molar refractivity (Wildman–Crippen MR) is 104 cm³/mol. The topological polar surface area (TPSA) is 26.3 Å². The number of aromatic nitrogens is 2. The predicted octanol–water partition coefficient (Wildman–Crippen LogP) is 4.78. The van der Waals surface area contributed by atoms with Gasteiger partial charge in [-0.15, -0.1) is 0 Å². The average Bonchev–Trinajstić information content (AvgIpc) is 2.98. The first-order valence-electron chi connectivity index (χ1n) is 8.64. The van der Waals surface area contributed by atoms with Gasteiger partial charge in [-0.1, -0.05) is 0 Å². The van der Waals surface area contributed by atoms with E-state index in [1.54, 1.807) is 0 Å². The third kappa shape index (κ3) is 1.86. The second-order valence-electron chi connectivity index (χ2n) is 6.99. The minimum atomic E-state index is 0.367. The van der Waals surface area contributed by atoms with Gasteiger partial charge in [0, 0.05) is 35.8 Å². The molecule has 0 saturated carbocycles. The van der Waals surface area contributed by atoms with Crippen molar-refractivity contribution in [3.8, 4) is 0 Å². The van der Waals surface area contributed by atoms with Crippen LogP contribution in [0.3, 0.4) is 0 Å². The molecule has 0 N–H and O–H groups in total. The molecule has 3 aromatic heterocycles. The third-order valence-corrected chi connectivity index (χ3v) is 5.35. The van der Waals surface area contributed by atoms with Crippen molar-refractivity contribution in [3.05, 3.63) is 65.3 Å². The van der Waals surface area contributed by atoms with Crippen LogP contribution < -0.4 is 4.57 Å². The molecule has 0 radical (unpaired) electrons. The molecule has 0 aliphatic rings. The molecule has 2 aromatic carbocycles. The number of rotatable bonds is 1. The first-order valence-corrected chi connectivity index (χ1v) is 8.64. The maximum absolute atomic E-state index is 7.18. The minimum absolute atomic E-state index is 0.367. The highest BCUT2D eigenvalue weighted by atomic mass is 16.3. The number of nitrogens with zero attached hydrogens (tertiary/aromatic N) is 3. The van der Waals surface area contributed by atoms with Crippen LogP contribution in [0, 0.1) is 13.5 Å². The molecule has 0 amide bonds. The molecular formula is C22H18N3O+. The zero-order valence-corrected chi connectivity index (χ0v) is 15.0. The summed E-state index contributed by atoms with van der Waals surface area (Å²) in [5, 5.41) is 4.57. The Bertz CT molecular complexity index is 1400. The largest absolute Gasteiger partial charge is 0.456 e. The summed E-state index contributed by atoms with van der Waals surface area (Å²) in [4.78, 5) is 3.53. The molecule has 0 unspecified atom stereocenters. The van der Waals surface area contributed by atoms with Gasteiger partial charge in [-0.25, -0.2) is 11.1 Å². The number of fused-ring (bicyclic) bond motifs is 3. The van der Waals surface area contributed by atoms with Crippen LogP contribution in [0.25, 0.3) is 48.6 Å². The lowest BCUT2D eigenvalue weighted by Crippen LogP contribution is -2.25. The highest BCUT2D eigenvalue weighted by Gasteiger charge is 2.20. The van der Waals surface area contributed by atoms with E-state index in [1.807, 2.05) is 6.07 Å². The summed E-state index contributed by atoms with van der Waals surface area (Å²) in [6, 6.07) is 10.5. The van der Waals surface area contributed by atoms with Gasteiger partial charge in [0.25, 0.3) is 0 Å². The van der Waals surface area contributed by atoms with Crippen molar-refractivity contribution in [1.29, 1.82) is 0 Å². The van der Waals surface area contributed by atoms with Gasteiger partial charge in [0.1, 0.15) is 18.2 Å². The van der Waals surface area contributed by atoms with Crippen LogP contribution in [0.1, 0.15) is 11.1 Å². The van der Waals surface area contributed by atoms with E-state index in [0.717, 1.165) is 32.9 Å². The Labute approximate surface area is 150 Å². The molecule has 0 aliphatic heterocycles. The zero-order chi connectivity index (χ0) is 18.0. The van der Waals surface area contributed by atoms with E-state index in [-0.39, 0.29) is 0 Å². The minimum Gasteiger partial charge on any atom is -0.456 e. The standard InChI is InChI=1S/C22H18N3O/c1-13-19-18(11-16-6-8-24(3)21(13)16)26-17-10-14(12-23-2)9-15-5-7-25(4)22(19)20(15)17/h5-11H,12H2,1,3-4H3/q+1. The quantitative estimate of drug-likeness (QED) is 0.187. The summed E-state index contributed by atoms with van der Waals surface area (Å²) in [7, 11) is 4.16. The van der Waals surface area contributed by atoms with Gasteiger partial charge in [-0.05, 0) is 36.6 Å². The second kappa shape index (κ2) is 5.09. The number of aryl methyl sites for hydroxylation is 3. The molecule has 0 spiro atoms. The van der Waals surface area contributed by atoms with Crippen LogP contribution in [0.15, 0.2) is 47.1 Å². The normalized spacial score (nSPS) is 11.8. The fraction of sp³-hybridized carbons (Fsp3) is 0.182. The van der Waals surface area contributed by atoms with E-state index in [1.165, 1.54) is 22.0 Å². The molecule has 0 atom stereocenters. The van der Waals surface area contributed by atoms with Gasteiger partial charge >= 0.3 is 0 Å². The molecule has 4 nitrogen and oxygen atoms in total. The Morgan fingerprint density at radius 2 is 1.92 bits per heavy atom. The van der Waals surface area contributed by atoms with Gasteiger partial charge in [-0.2, -0.15) is 0 Å². The maximum Gasteiger partial charge on any atom is 0.239 e. The SMILES string of the molecule is [C-]#[N+]Cc1cc2ccn(C)c3c4c(C)c5c(cc[n+]5C)cc4oc(c1)c23. The van der Waals surface area contributed by atoms with E-state index in [0.29, 0.717) is 6.54 Å². The average molecular weight is 340 g/mol. The number of benzene rings is 2. The maximum atomic E-state index is 7.18. The highest BCUT2D eigenvalue weighted by molar-refractivity contribution is 6.18. The summed E-state index contributed by atoms with van der Waals surface area (Å²) in [5.41, 5.74) is 6.35. The van der Waals surface area contributed by atoms with Crippen molar-refractivity contribution in [2.45, 2.75) is 13.5 Å². The van der Waals surface area contributed by atoms with Gasteiger partial charge in [0.15, 0.2) is 6.20 Å². The first-order chi connectivity index (χ1) is 12.6. The smallest absolute Gasteiger partial charge is 0.239 e. The number of hydrogen-bond donors (Lipinski definition) is 0. The number of pyridine rings is 1. The van der Waals surface area contributed by atoms with E-state index in [2.05, 4.69) is 71.7 Å². The molecular weight excluding hydrogens is 322 g/mol. The summed E-state index contributed by atoms with van der Waals surface area (Å²) in [6.45, 7) is 9.72. The fourth-order valence-electron chi connectivity index (χ4n) is 4.25. The highest BCUT2D eigenvalue weighted by Crippen LogP contribution is 2.37. The first kappa shape index (κ1) is 15.0. The van der Waals surface area contributed by atoms with Crippen molar-refractivity contribution < 1.29 is 8.98 Å². The van der Waals surface area contributed by atoms with Crippen LogP contribution >= 0.6 is 0 Å². The molecule has 5 aromatic rings. The Morgan fingerprint density at radius 3 is 2.73 bits per heavy atom. The summed E-state index contributed by atoms with van der Waals surface area (Å²) < 4.78 is 10.7. The van der Waals surface area contributed by atoms with Gasteiger partial charge in [0.05, 0.1) is 16.3 Å². The molecule has 4 heteroatoms. The van der Waals surface area contributed by atoms with Crippen molar-refractivity contribution in [2.75, 3.05) is 0 Å². The third-order valence-electron chi connectivity index (χ3n) is 5.35. The van der Waals surface area contributed by atoms with Crippen molar-refractivity contribution >= 4 is 43.7 Å². The lowest BCUT2D eigenvalue weighted by atomic mass is 9.99.